The molecule has 0 radical (unpaired) electrons. The first-order valence-corrected chi connectivity index (χ1v) is 8.05. The number of halogens is 1. The minimum absolute atomic E-state index is 0.0497. The number of alkyl halides is 1. The van der Waals surface area contributed by atoms with E-state index in [1.807, 2.05) is 6.07 Å². The second kappa shape index (κ2) is 5.29. The number of hydrogen-bond acceptors (Lipinski definition) is 5. The van der Waals surface area contributed by atoms with Gasteiger partial charge >= 0.3 is 0 Å². The monoisotopic (exact) mass is 306 g/mol. The summed E-state index contributed by atoms with van der Waals surface area (Å²) in [6, 6.07) is 5.37. The molecule has 1 aromatic heterocycles. The fourth-order valence-corrected chi connectivity index (χ4v) is 3.88. The minimum Gasteiger partial charge on any atom is -0.497 e. The number of fused-ring (bicyclic) bond motifs is 1. The molecule has 0 bridgehead atoms. The quantitative estimate of drug-likeness (QED) is 0.861. The van der Waals surface area contributed by atoms with Gasteiger partial charge in [-0.2, -0.15) is 0 Å². The van der Waals surface area contributed by atoms with Crippen molar-refractivity contribution in [1.82, 2.24) is 4.98 Å². The Kier molecular flexibility index (Phi) is 3.94. The van der Waals surface area contributed by atoms with Crippen LogP contribution in [0.2, 0.25) is 0 Å². The maximum atomic E-state index is 11.5. The molecule has 0 aliphatic heterocycles. The Morgan fingerprint density at radius 3 is 2.94 bits per heavy atom. The van der Waals surface area contributed by atoms with E-state index >= 15 is 0 Å². The average Bonchev–Trinajstić information content (AvgIpc) is 2.68. The van der Waals surface area contributed by atoms with E-state index in [1.54, 1.807) is 19.2 Å². The number of anilines is 1. The van der Waals surface area contributed by atoms with Gasteiger partial charge in [0.15, 0.2) is 5.13 Å². The SMILES string of the molecule is COc1ccc2nc(NS(=O)(=O)CCCl)sc2c1. The van der Waals surface area contributed by atoms with Gasteiger partial charge in [-0.25, -0.2) is 13.4 Å². The lowest BCUT2D eigenvalue weighted by Crippen LogP contribution is -2.17. The number of thiazole rings is 1. The Morgan fingerprint density at radius 1 is 1.50 bits per heavy atom. The largest absolute Gasteiger partial charge is 0.497 e. The molecule has 0 amide bonds. The predicted octanol–water partition coefficient (Wildman–Crippen LogP) is 2.29. The van der Waals surface area contributed by atoms with Crippen LogP contribution in [0.4, 0.5) is 5.13 Å². The van der Waals surface area contributed by atoms with Crippen LogP contribution in [0.5, 0.6) is 5.75 Å². The zero-order valence-electron chi connectivity index (χ0n) is 9.51. The standard InChI is InChI=1S/C10H11ClN2O3S2/c1-16-7-2-3-8-9(6-7)17-10(12-8)13-18(14,15)5-4-11/h2-3,6H,4-5H2,1H3,(H,12,13). The van der Waals surface area contributed by atoms with Crippen LogP contribution < -0.4 is 9.46 Å². The van der Waals surface area contributed by atoms with E-state index in [1.165, 1.54) is 11.3 Å². The topological polar surface area (TPSA) is 68.3 Å². The summed E-state index contributed by atoms with van der Waals surface area (Å²) in [5, 5.41) is 0.336. The van der Waals surface area contributed by atoms with Crippen LogP contribution in [0.25, 0.3) is 10.2 Å². The van der Waals surface area contributed by atoms with E-state index in [-0.39, 0.29) is 11.6 Å². The molecule has 0 unspecified atom stereocenters. The molecule has 0 saturated carbocycles. The molecule has 0 aliphatic rings. The Morgan fingerprint density at radius 2 is 2.28 bits per heavy atom. The van der Waals surface area contributed by atoms with Crippen molar-refractivity contribution in [2.45, 2.75) is 0 Å². The number of nitrogens with zero attached hydrogens (tertiary/aromatic N) is 1. The molecule has 8 heteroatoms. The van der Waals surface area contributed by atoms with E-state index in [0.717, 1.165) is 10.2 Å². The summed E-state index contributed by atoms with van der Waals surface area (Å²) in [7, 11) is -1.84. The molecule has 0 aliphatic carbocycles. The normalized spacial score (nSPS) is 11.7. The number of nitrogens with one attached hydrogen (secondary N) is 1. The van der Waals surface area contributed by atoms with E-state index in [2.05, 4.69) is 9.71 Å². The highest BCUT2D eigenvalue weighted by atomic mass is 35.5. The van der Waals surface area contributed by atoms with Gasteiger partial charge in [0.2, 0.25) is 10.0 Å². The fourth-order valence-electron chi connectivity index (χ4n) is 1.36. The summed E-state index contributed by atoms with van der Waals surface area (Å²) in [6.07, 6.45) is 0. The van der Waals surface area contributed by atoms with Gasteiger partial charge in [0.25, 0.3) is 0 Å². The summed E-state index contributed by atoms with van der Waals surface area (Å²) >= 11 is 6.67. The Balaban J connectivity index is 2.30. The molecule has 5 nitrogen and oxygen atoms in total. The first-order valence-electron chi connectivity index (χ1n) is 5.05. The number of sulfonamides is 1. The number of ether oxygens (including phenoxy) is 1. The van der Waals surface area contributed by atoms with E-state index in [4.69, 9.17) is 16.3 Å². The Hall–Kier alpha value is -1.05. The molecule has 1 N–H and O–H groups in total. The lowest BCUT2D eigenvalue weighted by molar-refractivity contribution is 0.415. The van der Waals surface area contributed by atoms with E-state index < -0.39 is 10.0 Å². The molecular weight excluding hydrogens is 296 g/mol. The third-order valence-corrected chi connectivity index (χ3v) is 4.91. The highest BCUT2D eigenvalue weighted by Gasteiger charge is 2.13. The van der Waals surface area contributed by atoms with Gasteiger partial charge in [-0.3, -0.25) is 4.72 Å². The number of hydrogen-bond donors (Lipinski definition) is 1. The Bertz CT molecular complexity index is 654. The molecular formula is C10H11ClN2O3S2. The van der Waals surface area contributed by atoms with Crippen molar-refractivity contribution in [2.24, 2.45) is 0 Å². The summed E-state index contributed by atoms with van der Waals surface area (Å²) in [4.78, 5) is 4.19. The van der Waals surface area contributed by atoms with Gasteiger partial charge < -0.3 is 4.74 Å². The van der Waals surface area contributed by atoms with Crippen LogP contribution in [0.1, 0.15) is 0 Å². The Labute approximate surface area is 114 Å². The summed E-state index contributed by atoms with van der Waals surface area (Å²) in [6.45, 7) is 0. The van der Waals surface area contributed by atoms with Crippen molar-refractivity contribution in [2.75, 3.05) is 23.5 Å². The highest BCUT2D eigenvalue weighted by Crippen LogP contribution is 2.29. The highest BCUT2D eigenvalue weighted by molar-refractivity contribution is 7.92. The van der Waals surface area contributed by atoms with Crippen molar-refractivity contribution < 1.29 is 13.2 Å². The number of methoxy groups -OCH3 is 1. The molecule has 0 fully saturated rings. The van der Waals surface area contributed by atoms with Crippen molar-refractivity contribution in [3.63, 3.8) is 0 Å². The van der Waals surface area contributed by atoms with Crippen LogP contribution in [-0.2, 0) is 10.0 Å². The van der Waals surface area contributed by atoms with Crippen molar-refractivity contribution in [3.8, 4) is 5.75 Å². The molecule has 1 aromatic carbocycles. The van der Waals surface area contributed by atoms with Gasteiger partial charge in [0, 0.05) is 5.88 Å². The van der Waals surface area contributed by atoms with Crippen molar-refractivity contribution >= 4 is 48.3 Å². The molecule has 0 saturated heterocycles. The van der Waals surface area contributed by atoms with Crippen LogP contribution in [0.3, 0.4) is 0 Å². The van der Waals surface area contributed by atoms with E-state index in [0.29, 0.717) is 10.9 Å². The molecule has 2 aromatic rings. The lowest BCUT2D eigenvalue weighted by Gasteiger charge is -2.01. The number of aromatic nitrogens is 1. The van der Waals surface area contributed by atoms with Gasteiger partial charge in [0.05, 0.1) is 23.1 Å². The molecule has 1 heterocycles. The minimum atomic E-state index is -3.41. The fraction of sp³-hybridized carbons (Fsp3) is 0.300. The second-order valence-corrected chi connectivity index (χ2v) is 6.71. The van der Waals surface area contributed by atoms with Gasteiger partial charge in [0.1, 0.15) is 5.75 Å². The summed E-state index contributed by atoms with van der Waals surface area (Å²) < 4.78 is 31.4. The third kappa shape index (κ3) is 3.04. The van der Waals surface area contributed by atoms with Crippen molar-refractivity contribution in [1.29, 1.82) is 0 Å². The molecule has 0 atom stereocenters. The smallest absolute Gasteiger partial charge is 0.235 e. The van der Waals surface area contributed by atoms with Crippen LogP contribution >= 0.6 is 22.9 Å². The van der Waals surface area contributed by atoms with Crippen LogP contribution in [0.15, 0.2) is 18.2 Å². The third-order valence-electron chi connectivity index (χ3n) is 2.18. The lowest BCUT2D eigenvalue weighted by atomic mass is 10.3. The molecule has 2 rings (SSSR count). The predicted molar refractivity (Wildman–Crippen MR) is 74.3 cm³/mol. The zero-order chi connectivity index (χ0) is 13.2. The second-order valence-electron chi connectivity index (χ2n) is 3.46. The number of rotatable bonds is 5. The van der Waals surface area contributed by atoms with Gasteiger partial charge in [-0.15, -0.1) is 11.6 Å². The number of benzene rings is 1. The van der Waals surface area contributed by atoms with E-state index in [9.17, 15) is 8.42 Å². The summed E-state index contributed by atoms with van der Waals surface area (Å²) in [5.74, 6) is 0.628. The molecule has 98 valence electrons. The van der Waals surface area contributed by atoms with Gasteiger partial charge in [-0.05, 0) is 18.2 Å². The van der Waals surface area contributed by atoms with Crippen molar-refractivity contribution in [3.05, 3.63) is 18.2 Å². The first kappa shape index (κ1) is 13.4. The average molecular weight is 307 g/mol. The molecule has 0 spiro atoms. The first-order chi connectivity index (χ1) is 8.54. The van der Waals surface area contributed by atoms with Crippen LogP contribution in [-0.4, -0.2) is 32.1 Å². The molecule has 18 heavy (non-hydrogen) atoms. The van der Waals surface area contributed by atoms with Crippen LogP contribution in [0, 0.1) is 0 Å². The summed E-state index contributed by atoms with van der Waals surface area (Å²) in [5.41, 5.74) is 0.726. The zero-order valence-corrected chi connectivity index (χ0v) is 11.9. The maximum Gasteiger partial charge on any atom is 0.235 e. The maximum absolute atomic E-state index is 11.5. The van der Waals surface area contributed by atoms with Gasteiger partial charge in [-0.1, -0.05) is 11.3 Å².